The number of aromatic amines is 1. The van der Waals surface area contributed by atoms with Crippen LogP contribution in [-0.4, -0.2) is 54.7 Å². The van der Waals surface area contributed by atoms with E-state index in [-0.39, 0.29) is 34.6 Å². The van der Waals surface area contributed by atoms with Gasteiger partial charge in [-0.05, 0) is 46.3 Å². The van der Waals surface area contributed by atoms with Gasteiger partial charge in [0.15, 0.2) is 10.6 Å². The summed E-state index contributed by atoms with van der Waals surface area (Å²) in [6, 6.07) is -0.231. The van der Waals surface area contributed by atoms with Crippen LogP contribution in [0.1, 0.15) is 49.6 Å². The van der Waals surface area contributed by atoms with Gasteiger partial charge in [-0.25, -0.2) is 14.3 Å². The number of hydrogen-bond acceptors (Lipinski definition) is 6. The number of imidazole rings is 1. The van der Waals surface area contributed by atoms with E-state index < -0.39 is 11.7 Å². The first-order valence-corrected chi connectivity index (χ1v) is 9.96. The molecule has 30 heavy (non-hydrogen) atoms. The molecule has 11 heteroatoms. The minimum atomic E-state index is -0.616. The summed E-state index contributed by atoms with van der Waals surface area (Å²) in [5, 5.41) is 2.51. The highest BCUT2D eigenvalue weighted by molar-refractivity contribution is 7.71. The van der Waals surface area contributed by atoms with Crippen LogP contribution < -0.4 is 10.9 Å². The van der Waals surface area contributed by atoms with Crippen LogP contribution in [-0.2, 0) is 24.8 Å². The number of aromatic nitrogens is 4. The largest absolute Gasteiger partial charge is 0.444 e. The van der Waals surface area contributed by atoms with Gasteiger partial charge in [-0.3, -0.25) is 14.5 Å². The van der Waals surface area contributed by atoms with Crippen molar-refractivity contribution in [2.75, 3.05) is 7.05 Å². The molecule has 3 rings (SSSR count). The maximum absolute atomic E-state index is 13.3. The fourth-order valence-corrected chi connectivity index (χ4v) is 3.70. The van der Waals surface area contributed by atoms with Crippen LogP contribution in [0, 0.1) is 4.77 Å². The fourth-order valence-electron chi connectivity index (χ4n) is 3.40. The molecule has 0 saturated carbocycles. The number of nitrogens with one attached hydrogen (secondary N) is 2. The number of ether oxygens (including phenoxy) is 1. The van der Waals surface area contributed by atoms with Gasteiger partial charge in [-0.1, -0.05) is 0 Å². The molecule has 1 aliphatic heterocycles. The summed E-state index contributed by atoms with van der Waals surface area (Å²) in [5.74, 6) is 0.173. The molecule has 0 fully saturated rings. The van der Waals surface area contributed by atoms with Gasteiger partial charge in [0, 0.05) is 31.4 Å². The lowest BCUT2D eigenvalue weighted by Crippen LogP contribution is -2.47. The number of carbonyl (C=O) groups is 2. The topological polar surface area (TPSA) is 114 Å². The van der Waals surface area contributed by atoms with Crippen molar-refractivity contribution in [1.29, 1.82) is 0 Å². The molecule has 0 unspecified atom stereocenters. The first-order valence-electron chi connectivity index (χ1n) is 9.55. The number of H-pyrrole nitrogens is 1. The monoisotopic (exact) mass is 434 g/mol. The van der Waals surface area contributed by atoms with Gasteiger partial charge < -0.3 is 19.6 Å². The third-order valence-corrected chi connectivity index (χ3v) is 5.18. The van der Waals surface area contributed by atoms with E-state index in [4.69, 9.17) is 17.0 Å². The molecular formula is C19H26N6O4S. The highest BCUT2D eigenvalue weighted by Crippen LogP contribution is 2.23. The molecule has 0 aliphatic carbocycles. The van der Waals surface area contributed by atoms with Gasteiger partial charge in [0.25, 0.3) is 11.5 Å². The van der Waals surface area contributed by atoms with Crippen LogP contribution in [0.5, 0.6) is 0 Å². The van der Waals surface area contributed by atoms with Crippen LogP contribution in [0.15, 0.2) is 11.0 Å². The Hall–Kier alpha value is -2.95. The summed E-state index contributed by atoms with van der Waals surface area (Å²) >= 11 is 5.42. The van der Waals surface area contributed by atoms with E-state index in [0.29, 0.717) is 23.5 Å². The molecule has 10 nitrogen and oxygen atoms in total. The van der Waals surface area contributed by atoms with E-state index in [1.165, 1.54) is 22.4 Å². The smallest absolute Gasteiger partial charge is 0.410 e. The Balaban J connectivity index is 2.03. The van der Waals surface area contributed by atoms with Crippen LogP contribution in [0.4, 0.5) is 4.79 Å². The summed E-state index contributed by atoms with van der Waals surface area (Å²) in [7, 11) is 3.15. The van der Waals surface area contributed by atoms with E-state index >= 15 is 0 Å². The van der Waals surface area contributed by atoms with Crippen molar-refractivity contribution >= 4 is 24.2 Å². The van der Waals surface area contributed by atoms with Gasteiger partial charge in [0.2, 0.25) is 0 Å². The molecule has 3 heterocycles. The lowest BCUT2D eigenvalue weighted by Gasteiger charge is -2.35. The van der Waals surface area contributed by atoms with Gasteiger partial charge in [-0.2, -0.15) is 0 Å². The average Bonchev–Trinajstić information content (AvgIpc) is 3.01. The Morgan fingerprint density at radius 3 is 2.63 bits per heavy atom. The van der Waals surface area contributed by atoms with E-state index in [1.54, 1.807) is 32.7 Å². The van der Waals surface area contributed by atoms with Crippen molar-refractivity contribution in [1.82, 2.24) is 29.3 Å². The molecule has 0 radical (unpaired) electrons. The van der Waals surface area contributed by atoms with E-state index in [0.717, 1.165) is 0 Å². The number of rotatable bonds is 2. The molecule has 2 amide bonds. The number of fused-ring (bicyclic) bond motifs is 1. The van der Waals surface area contributed by atoms with Gasteiger partial charge >= 0.3 is 6.09 Å². The Bertz CT molecular complexity index is 1120. The van der Waals surface area contributed by atoms with E-state index in [1.807, 2.05) is 6.92 Å². The quantitative estimate of drug-likeness (QED) is 0.695. The summed E-state index contributed by atoms with van der Waals surface area (Å²) < 4.78 is 8.47. The van der Waals surface area contributed by atoms with Crippen molar-refractivity contribution in [2.24, 2.45) is 7.05 Å². The van der Waals surface area contributed by atoms with Crippen molar-refractivity contribution in [2.45, 2.75) is 52.3 Å². The average molecular weight is 435 g/mol. The van der Waals surface area contributed by atoms with Crippen LogP contribution in [0.3, 0.4) is 0 Å². The van der Waals surface area contributed by atoms with E-state index in [2.05, 4.69) is 15.3 Å². The third-order valence-electron chi connectivity index (χ3n) is 4.90. The van der Waals surface area contributed by atoms with Crippen LogP contribution in [0.2, 0.25) is 0 Å². The lowest BCUT2D eigenvalue weighted by atomic mass is 10.0. The van der Waals surface area contributed by atoms with Gasteiger partial charge in [0.05, 0.1) is 12.7 Å². The van der Waals surface area contributed by atoms with Crippen molar-refractivity contribution in [3.63, 3.8) is 0 Å². The van der Waals surface area contributed by atoms with Crippen molar-refractivity contribution in [3.05, 3.63) is 38.4 Å². The van der Waals surface area contributed by atoms with Crippen LogP contribution >= 0.6 is 12.2 Å². The van der Waals surface area contributed by atoms with Crippen molar-refractivity contribution in [3.8, 4) is 5.82 Å². The zero-order chi connectivity index (χ0) is 22.4. The zero-order valence-electron chi connectivity index (χ0n) is 17.9. The van der Waals surface area contributed by atoms with Crippen molar-refractivity contribution < 1.29 is 14.3 Å². The normalized spacial score (nSPS) is 16.2. The molecule has 0 saturated heterocycles. The van der Waals surface area contributed by atoms with Gasteiger partial charge in [0.1, 0.15) is 11.4 Å². The zero-order valence-corrected chi connectivity index (χ0v) is 18.7. The fraction of sp³-hybridized carbons (Fsp3) is 0.526. The first kappa shape index (κ1) is 21.8. The number of carbonyl (C=O) groups excluding carboxylic acids is 2. The number of nitrogens with zero attached hydrogens (tertiary/aromatic N) is 4. The highest BCUT2D eigenvalue weighted by Gasteiger charge is 2.33. The minimum Gasteiger partial charge on any atom is -0.444 e. The summed E-state index contributed by atoms with van der Waals surface area (Å²) in [6.07, 6.45) is 1.34. The Labute approximate surface area is 178 Å². The second-order valence-electron chi connectivity index (χ2n) is 8.27. The lowest BCUT2D eigenvalue weighted by molar-refractivity contribution is 0.0133. The van der Waals surface area contributed by atoms with Crippen LogP contribution in [0.25, 0.3) is 5.82 Å². The molecule has 2 N–H and O–H groups in total. The number of hydrogen-bond donors (Lipinski definition) is 2. The maximum atomic E-state index is 13.3. The standard InChI is InChI=1S/C19H26N6O4S/c1-10-7-11-12(9-24(10)18(28)29-19(2,3)4)22-17(30)25(16(11)27)13-8-21-14(23(13)6)15(26)20-5/h8,10H,7,9H2,1-6H3,(H,20,26)(H,22,30)/t10-/m1/s1. The molecule has 0 bridgehead atoms. The molecule has 0 aromatic carbocycles. The molecule has 1 atom stereocenters. The summed E-state index contributed by atoms with van der Waals surface area (Å²) in [6.45, 7) is 7.48. The maximum Gasteiger partial charge on any atom is 0.410 e. The molecule has 1 aliphatic rings. The first-order chi connectivity index (χ1) is 13.9. The molecule has 0 spiro atoms. The number of amides is 2. The predicted molar refractivity (Wildman–Crippen MR) is 112 cm³/mol. The third kappa shape index (κ3) is 3.89. The Morgan fingerprint density at radius 1 is 1.37 bits per heavy atom. The SMILES string of the molecule is CNC(=O)c1ncc(-n2c(=S)[nH]c3c(c2=O)C[C@@H](C)N(C(=O)OC(C)(C)C)C3)n1C. The van der Waals surface area contributed by atoms with E-state index in [9.17, 15) is 14.4 Å². The molecule has 162 valence electrons. The van der Waals surface area contributed by atoms with Gasteiger partial charge in [-0.15, -0.1) is 0 Å². The second-order valence-corrected chi connectivity index (χ2v) is 8.65. The molecular weight excluding hydrogens is 408 g/mol. The second kappa shape index (κ2) is 7.71. The minimum absolute atomic E-state index is 0.156. The highest BCUT2D eigenvalue weighted by atomic mass is 32.1. The summed E-state index contributed by atoms with van der Waals surface area (Å²) in [4.78, 5) is 46.6. The molecule has 2 aromatic rings. The molecule has 2 aromatic heterocycles. The predicted octanol–water partition coefficient (Wildman–Crippen LogP) is 1.67. The summed E-state index contributed by atoms with van der Waals surface area (Å²) in [5.41, 5.74) is 0.212. The Morgan fingerprint density at radius 2 is 2.03 bits per heavy atom. The Kier molecular flexibility index (Phi) is 5.59.